The number of aryl methyl sites for hydroxylation is 1. The van der Waals surface area contributed by atoms with Crippen LogP contribution in [0.3, 0.4) is 0 Å². The van der Waals surface area contributed by atoms with Crippen molar-refractivity contribution in [3.8, 4) is 21.9 Å². The highest BCUT2D eigenvalue weighted by atomic mass is 32.1. The molecule has 0 aliphatic heterocycles. The Balaban J connectivity index is 2.09. The molecule has 2 aromatic rings. The van der Waals surface area contributed by atoms with Crippen molar-refractivity contribution in [2.75, 3.05) is 0 Å². The lowest BCUT2D eigenvalue weighted by atomic mass is 10.0. The maximum Gasteiger partial charge on any atom is 0.102 e. The standard InChI is InChI=1S/C18H20N2S2/c1-2-3-4-5-6-7-9-16-14(12-19)15(13-20)18(22-16)17-10-8-11-21-17/h8,10-11H,2-7,9H2,1H3. The maximum absolute atomic E-state index is 9.42. The van der Waals surface area contributed by atoms with Crippen LogP contribution in [0.15, 0.2) is 17.5 Å². The van der Waals surface area contributed by atoms with Crippen LogP contribution in [0.1, 0.15) is 61.5 Å². The van der Waals surface area contributed by atoms with E-state index in [2.05, 4.69) is 19.1 Å². The predicted molar refractivity (Wildman–Crippen MR) is 94.1 cm³/mol. The maximum atomic E-state index is 9.42. The molecule has 2 nitrogen and oxygen atoms in total. The van der Waals surface area contributed by atoms with Crippen LogP contribution in [0.25, 0.3) is 9.75 Å². The third-order valence-electron chi connectivity index (χ3n) is 3.71. The number of unbranched alkanes of at least 4 members (excludes halogenated alkanes) is 5. The summed E-state index contributed by atoms with van der Waals surface area (Å²) >= 11 is 3.25. The Morgan fingerprint density at radius 2 is 1.73 bits per heavy atom. The molecule has 0 fully saturated rings. The molecule has 22 heavy (non-hydrogen) atoms. The van der Waals surface area contributed by atoms with Crippen LogP contribution in [-0.2, 0) is 6.42 Å². The summed E-state index contributed by atoms with van der Waals surface area (Å²) in [5, 5.41) is 20.9. The lowest BCUT2D eigenvalue weighted by Crippen LogP contribution is -1.87. The van der Waals surface area contributed by atoms with Crippen LogP contribution in [0, 0.1) is 22.7 Å². The smallest absolute Gasteiger partial charge is 0.102 e. The highest BCUT2D eigenvalue weighted by Gasteiger charge is 2.19. The summed E-state index contributed by atoms with van der Waals surface area (Å²) in [7, 11) is 0. The average molecular weight is 329 g/mol. The first-order valence-electron chi connectivity index (χ1n) is 7.81. The molecule has 0 spiro atoms. The van der Waals surface area contributed by atoms with Crippen LogP contribution < -0.4 is 0 Å². The van der Waals surface area contributed by atoms with Crippen molar-refractivity contribution in [3.05, 3.63) is 33.5 Å². The van der Waals surface area contributed by atoms with Crippen molar-refractivity contribution in [1.29, 1.82) is 10.5 Å². The number of hydrogen-bond donors (Lipinski definition) is 0. The quantitative estimate of drug-likeness (QED) is 0.548. The molecule has 0 unspecified atom stereocenters. The summed E-state index contributed by atoms with van der Waals surface area (Å²) in [6.07, 6.45) is 8.37. The predicted octanol–water partition coefficient (Wildman–Crippen LogP) is 6.12. The second kappa shape index (κ2) is 8.73. The van der Waals surface area contributed by atoms with Gasteiger partial charge in [-0.2, -0.15) is 10.5 Å². The second-order valence-corrected chi connectivity index (χ2v) is 7.38. The van der Waals surface area contributed by atoms with Gasteiger partial charge in [0.2, 0.25) is 0 Å². The Bertz CT molecular complexity index is 669. The van der Waals surface area contributed by atoms with Crippen molar-refractivity contribution < 1.29 is 0 Å². The third-order valence-corrected chi connectivity index (χ3v) is 6.01. The van der Waals surface area contributed by atoms with Crippen LogP contribution >= 0.6 is 22.7 Å². The molecule has 0 aliphatic carbocycles. The Morgan fingerprint density at radius 3 is 2.36 bits per heavy atom. The lowest BCUT2D eigenvalue weighted by Gasteiger charge is -2.00. The van der Waals surface area contributed by atoms with Gasteiger partial charge in [-0.3, -0.25) is 0 Å². The monoisotopic (exact) mass is 328 g/mol. The van der Waals surface area contributed by atoms with E-state index < -0.39 is 0 Å². The first-order chi connectivity index (χ1) is 10.8. The Labute approximate surface area is 140 Å². The molecule has 0 amide bonds. The molecule has 2 heterocycles. The zero-order chi connectivity index (χ0) is 15.8. The van der Waals surface area contributed by atoms with Gasteiger partial charge in [0.05, 0.1) is 16.0 Å². The normalized spacial score (nSPS) is 10.3. The molecule has 0 radical (unpaired) electrons. The van der Waals surface area contributed by atoms with E-state index >= 15 is 0 Å². The summed E-state index contributed by atoms with van der Waals surface area (Å²) in [5.41, 5.74) is 1.17. The highest BCUT2D eigenvalue weighted by molar-refractivity contribution is 7.21. The Hall–Kier alpha value is -1.62. The minimum atomic E-state index is 0.566. The lowest BCUT2D eigenvalue weighted by molar-refractivity contribution is 0.609. The molecule has 0 N–H and O–H groups in total. The number of nitrogens with zero attached hydrogens (tertiary/aromatic N) is 2. The van der Waals surface area contributed by atoms with Crippen molar-refractivity contribution in [3.63, 3.8) is 0 Å². The first kappa shape index (κ1) is 16.7. The van der Waals surface area contributed by atoms with Crippen LogP contribution in [0.5, 0.6) is 0 Å². The van der Waals surface area contributed by atoms with Gasteiger partial charge in [-0.25, -0.2) is 0 Å². The van der Waals surface area contributed by atoms with Gasteiger partial charge in [-0.1, -0.05) is 45.1 Å². The van der Waals surface area contributed by atoms with Crippen molar-refractivity contribution >= 4 is 22.7 Å². The van der Waals surface area contributed by atoms with Gasteiger partial charge in [0, 0.05) is 9.75 Å². The van der Waals surface area contributed by atoms with Crippen LogP contribution in [-0.4, -0.2) is 0 Å². The van der Waals surface area contributed by atoms with Crippen molar-refractivity contribution in [2.45, 2.75) is 51.9 Å². The molecular weight excluding hydrogens is 308 g/mol. The fourth-order valence-corrected chi connectivity index (χ4v) is 4.63. The molecular formula is C18H20N2S2. The largest absolute Gasteiger partial charge is 0.192 e. The first-order valence-corrected chi connectivity index (χ1v) is 9.51. The average Bonchev–Trinajstić information content (AvgIpc) is 3.17. The molecule has 0 saturated carbocycles. The molecule has 0 atom stereocenters. The number of hydrogen-bond acceptors (Lipinski definition) is 4. The molecule has 0 bridgehead atoms. The van der Waals surface area contributed by atoms with Gasteiger partial charge in [-0.15, -0.1) is 22.7 Å². The van der Waals surface area contributed by atoms with Gasteiger partial charge in [0.1, 0.15) is 12.1 Å². The fourth-order valence-electron chi connectivity index (χ4n) is 2.53. The molecule has 0 aromatic carbocycles. The zero-order valence-corrected chi connectivity index (χ0v) is 14.5. The van der Waals surface area contributed by atoms with Crippen LogP contribution in [0.2, 0.25) is 0 Å². The number of nitriles is 2. The topological polar surface area (TPSA) is 47.6 Å². The summed E-state index contributed by atoms with van der Waals surface area (Å²) in [4.78, 5) is 3.14. The molecule has 114 valence electrons. The summed E-state index contributed by atoms with van der Waals surface area (Å²) in [6, 6.07) is 8.50. The van der Waals surface area contributed by atoms with E-state index in [4.69, 9.17) is 0 Å². The second-order valence-electron chi connectivity index (χ2n) is 5.32. The molecule has 2 aromatic heterocycles. The highest BCUT2D eigenvalue weighted by Crippen LogP contribution is 2.39. The van der Waals surface area contributed by atoms with Gasteiger partial charge < -0.3 is 0 Å². The summed E-state index contributed by atoms with van der Waals surface area (Å²) in [6.45, 7) is 2.22. The zero-order valence-electron chi connectivity index (χ0n) is 12.9. The van der Waals surface area contributed by atoms with E-state index in [1.54, 1.807) is 22.7 Å². The van der Waals surface area contributed by atoms with Crippen LogP contribution in [0.4, 0.5) is 0 Å². The van der Waals surface area contributed by atoms with E-state index in [0.29, 0.717) is 11.1 Å². The number of thiophene rings is 2. The van der Waals surface area contributed by atoms with Gasteiger partial charge >= 0.3 is 0 Å². The Morgan fingerprint density at radius 1 is 1.00 bits per heavy atom. The third kappa shape index (κ3) is 3.97. The van der Waals surface area contributed by atoms with E-state index in [9.17, 15) is 10.5 Å². The van der Waals surface area contributed by atoms with Crippen molar-refractivity contribution in [1.82, 2.24) is 0 Å². The van der Waals surface area contributed by atoms with E-state index in [1.165, 1.54) is 32.1 Å². The van der Waals surface area contributed by atoms with Gasteiger partial charge in [-0.05, 0) is 24.3 Å². The number of rotatable bonds is 8. The summed E-state index contributed by atoms with van der Waals surface area (Å²) in [5.74, 6) is 0. The Kier molecular flexibility index (Phi) is 6.65. The van der Waals surface area contributed by atoms with Gasteiger partial charge in [0.15, 0.2) is 0 Å². The molecule has 0 saturated heterocycles. The van der Waals surface area contributed by atoms with Gasteiger partial charge in [0.25, 0.3) is 0 Å². The SMILES string of the molecule is CCCCCCCCc1sc(-c2cccs2)c(C#N)c1C#N. The fraction of sp³-hybridized carbons (Fsp3) is 0.444. The summed E-state index contributed by atoms with van der Waals surface area (Å²) < 4.78 is 0. The molecule has 2 rings (SSSR count). The minimum absolute atomic E-state index is 0.566. The minimum Gasteiger partial charge on any atom is -0.192 e. The van der Waals surface area contributed by atoms with E-state index in [-0.39, 0.29) is 0 Å². The van der Waals surface area contributed by atoms with Crippen molar-refractivity contribution in [2.24, 2.45) is 0 Å². The van der Waals surface area contributed by atoms with E-state index in [0.717, 1.165) is 27.5 Å². The molecule has 4 heteroatoms. The van der Waals surface area contributed by atoms with E-state index in [1.807, 2.05) is 17.5 Å². The molecule has 0 aliphatic rings.